The van der Waals surface area contributed by atoms with E-state index in [-0.39, 0.29) is 11.9 Å². The molecule has 0 saturated heterocycles. The van der Waals surface area contributed by atoms with Crippen molar-refractivity contribution in [3.05, 3.63) is 26.4 Å². The van der Waals surface area contributed by atoms with Crippen LogP contribution in [0.4, 0.5) is 5.13 Å². The van der Waals surface area contributed by atoms with Crippen LogP contribution < -0.4 is 10.6 Å². The van der Waals surface area contributed by atoms with Gasteiger partial charge in [0.05, 0.1) is 10.4 Å². The average Bonchev–Trinajstić information content (AvgIpc) is 3.05. The highest BCUT2D eigenvalue weighted by Gasteiger charge is 2.17. The minimum Gasteiger partial charge on any atom is -0.360 e. The number of nitrogens with zero attached hydrogens (tertiary/aromatic N) is 2. The molecule has 2 rings (SSSR count). The lowest BCUT2D eigenvalue weighted by Gasteiger charge is -2.10. The van der Waals surface area contributed by atoms with Gasteiger partial charge in [0.15, 0.2) is 0 Å². The van der Waals surface area contributed by atoms with E-state index in [1.54, 1.807) is 0 Å². The summed E-state index contributed by atoms with van der Waals surface area (Å²) in [5, 5.41) is 14.9. The van der Waals surface area contributed by atoms with Crippen LogP contribution in [0.25, 0.3) is 0 Å². The number of carbonyl (C=O) groups excluding carboxylic acids is 1. The molecule has 1 amide bonds. The lowest BCUT2D eigenvalue weighted by molar-refractivity contribution is 0.0939. The third-order valence-electron chi connectivity index (χ3n) is 2.51. The van der Waals surface area contributed by atoms with Crippen LogP contribution in [0.15, 0.2) is 12.1 Å². The fraction of sp³-hybridized carbons (Fsp3) is 0.417. The Labute approximate surface area is 130 Å². The van der Waals surface area contributed by atoms with Crippen molar-refractivity contribution >= 4 is 45.3 Å². The maximum Gasteiger partial charge on any atom is 0.282 e. The lowest BCUT2D eigenvalue weighted by atomic mass is 10.3. The van der Waals surface area contributed by atoms with E-state index in [2.05, 4.69) is 27.8 Å². The number of halogens is 1. The highest BCUT2D eigenvalue weighted by molar-refractivity contribution is 7.17. The molecule has 0 bridgehead atoms. The Morgan fingerprint density at radius 1 is 1.40 bits per heavy atom. The van der Waals surface area contributed by atoms with E-state index in [9.17, 15) is 4.79 Å². The molecule has 0 aliphatic heterocycles. The summed E-state index contributed by atoms with van der Waals surface area (Å²) in [6, 6.07) is 3.63. The molecule has 5 nitrogen and oxygen atoms in total. The minimum atomic E-state index is -0.218. The van der Waals surface area contributed by atoms with Gasteiger partial charge in [-0.1, -0.05) is 29.9 Å². The van der Waals surface area contributed by atoms with Crippen molar-refractivity contribution in [2.24, 2.45) is 0 Å². The molecule has 20 heavy (non-hydrogen) atoms. The van der Waals surface area contributed by atoms with Crippen molar-refractivity contribution in [3.63, 3.8) is 0 Å². The predicted molar refractivity (Wildman–Crippen MR) is 83.9 cm³/mol. The molecule has 2 N–H and O–H groups in total. The SMILES string of the molecule is CCCNc1nnc(C(=O)NC(C)c2ccc(Cl)s2)s1. The van der Waals surface area contributed by atoms with Crippen molar-refractivity contribution < 1.29 is 4.79 Å². The molecule has 2 heterocycles. The van der Waals surface area contributed by atoms with Gasteiger partial charge in [-0.05, 0) is 25.5 Å². The number of hydrogen-bond acceptors (Lipinski definition) is 6. The number of nitrogens with one attached hydrogen (secondary N) is 2. The molecule has 0 saturated carbocycles. The van der Waals surface area contributed by atoms with Gasteiger partial charge in [-0.15, -0.1) is 21.5 Å². The van der Waals surface area contributed by atoms with Gasteiger partial charge in [-0.2, -0.15) is 0 Å². The molecule has 0 spiro atoms. The second kappa shape index (κ2) is 7.01. The Hall–Kier alpha value is -1.18. The summed E-state index contributed by atoms with van der Waals surface area (Å²) in [7, 11) is 0. The van der Waals surface area contributed by atoms with E-state index in [0.29, 0.717) is 14.5 Å². The van der Waals surface area contributed by atoms with Crippen LogP contribution >= 0.6 is 34.3 Å². The Balaban J connectivity index is 1.95. The topological polar surface area (TPSA) is 66.9 Å². The number of amides is 1. The van der Waals surface area contributed by atoms with Crippen molar-refractivity contribution in [1.29, 1.82) is 0 Å². The molecule has 0 radical (unpaired) electrons. The van der Waals surface area contributed by atoms with Gasteiger partial charge < -0.3 is 10.6 Å². The number of hydrogen-bond donors (Lipinski definition) is 2. The fourth-order valence-corrected chi connectivity index (χ4v) is 3.24. The van der Waals surface area contributed by atoms with E-state index in [1.807, 2.05) is 19.1 Å². The monoisotopic (exact) mass is 330 g/mol. The molecule has 0 aliphatic carbocycles. The molecule has 0 fully saturated rings. The largest absolute Gasteiger partial charge is 0.360 e. The van der Waals surface area contributed by atoms with Gasteiger partial charge >= 0.3 is 0 Å². The smallest absolute Gasteiger partial charge is 0.282 e. The summed E-state index contributed by atoms with van der Waals surface area (Å²) >= 11 is 8.60. The molecule has 0 aliphatic rings. The molecular weight excluding hydrogens is 316 g/mol. The highest BCUT2D eigenvalue weighted by atomic mass is 35.5. The van der Waals surface area contributed by atoms with Gasteiger partial charge in [-0.3, -0.25) is 4.79 Å². The number of anilines is 1. The molecule has 8 heteroatoms. The fourth-order valence-electron chi connectivity index (χ4n) is 1.51. The first-order valence-corrected chi connectivity index (χ1v) is 8.24. The van der Waals surface area contributed by atoms with Gasteiger partial charge in [0.1, 0.15) is 0 Å². The second-order valence-corrected chi connectivity index (χ2v) is 6.90. The first-order chi connectivity index (χ1) is 9.60. The Morgan fingerprint density at radius 3 is 2.85 bits per heavy atom. The molecule has 108 valence electrons. The standard InChI is InChI=1S/C12H15ClN4OS2/c1-3-6-14-12-17-16-11(20-12)10(18)15-7(2)8-4-5-9(13)19-8/h4-5,7H,3,6H2,1-2H3,(H,14,17)(H,15,18). The molecule has 2 aromatic rings. The molecular formula is C12H15ClN4OS2. The van der Waals surface area contributed by atoms with E-state index < -0.39 is 0 Å². The van der Waals surface area contributed by atoms with Gasteiger partial charge in [0, 0.05) is 11.4 Å². The van der Waals surface area contributed by atoms with Crippen molar-refractivity contribution in [1.82, 2.24) is 15.5 Å². The maximum absolute atomic E-state index is 12.1. The third-order valence-corrected chi connectivity index (χ3v) is 4.81. The Kier molecular flexibility index (Phi) is 5.33. The van der Waals surface area contributed by atoms with Crippen LogP contribution in [0, 0.1) is 0 Å². The number of thiophene rings is 1. The van der Waals surface area contributed by atoms with Crippen LogP contribution in [-0.2, 0) is 0 Å². The first-order valence-electron chi connectivity index (χ1n) is 6.23. The van der Waals surface area contributed by atoms with Crippen molar-refractivity contribution in [3.8, 4) is 0 Å². The minimum absolute atomic E-state index is 0.101. The van der Waals surface area contributed by atoms with Gasteiger partial charge in [0.2, 0.25) is 10.1 Å². The molecule has 0 aromatic carbocycles. The summed E-state index contributed by atoms with van der Waals surface area (Å²) < 4.78 is 0.711. The number of aromatic nitrogens is 2. The zero-order valence-corrected chi connectivity index (χ0v) is 13.5. The zero-order valence-electron chi connectivity index (χ0n) is 11.1. The second-order valence-electron chi connectivity index (χ2n) is 4.18. The van der Waals surface area contributed by atoms with Crippen LogP contribution in [-0.4, -0.2) is 22.6 Å². The summed E-state index contributed by atoms with van der Waals surface area (Å²) in [4.78, 5) is 13.1. The zero-order chi connectivity index (χ0) is 14.5. The van der Waals surface area contributed by atoms with Crippen molar-refractivity contribution in [2.75, 3.05) is 11.9 Å². The van der Waals surface area contributed by atoms with Crippen LogP contribution in [0.5, 0.6) is 0 Å². The Morgan fingerprint density at radius 2 is 2.20 bits per heavy atom. The molecule has 1 atom stereocenters. The number of carbonyl (C=O) groups is 1. The molecule has 1 unspecified atom stereocenters. The maximum atomic E-state index is 12.1. The quantitative estimate of drug-likeness (QED) is 0.849. The Bertz CT molecular complexity index is 584. The summed E-state index contributed by atoms with van der Waals surface area (Å²) in [5.41, 5.74) is 0. The van der Waals surface area contributed by atoms with Crippen LogP contribution in [0.1, 0.15) is 41.0 Å². The van der Waals surface area contributed by atoms with E-state index >= 15 is 0 Å². The van der Waals surface area contributed by atoms with E-state index in [0.717, 1.165) is 17.8 Å². The van der Waals surface area contributed by atoms with E-state index in [1.165, 1.54) is 22.7 Å². The van der Waals surface area contributed by atoms with Gasteiger partial charge in [0.25, 0.3) is 5.91 Å². The first kappa shape index (κ1) is 15.2. The summed E-state index contributed by atoms with van der Waals surface area (Å²) in [6.07, 6.45) is 0.997. The average molecular weight is 331 g/mol. The summed E-state index contributed by atoms with van der Waals surface area (Å²) in [6.45, 7) is 4.80. The van der Waals surface area contributed by atoms with Crippen LogP contribution in [0.2, 0.25) is 4.34 Å². The predicted octanol–water partition coefficient (Wildman–Crippen LogP) is 3.57. The highest BCUT2D eigenvalue weighted by Crippen LogP contribution is 2.27. The van der Waals surface area contributed by atoms with E-state index in [4.69, 9.17) is 11.6 Å². The third kappa shape index (κ3) is 3.91. The number of rotatable bonds is 6. The van der Waals surface area contributed by atoms with Crippen LogP contribution in [0.3, 0.4) is 0 Å². The molecule has 2 aromatic heterocycles. The van der Waals surface area contributed by atoms with Gasteiger partial charge in [-0.25, -0.2) is 0 Å². The van der Waals surface area contributed by atoms with Crippen molar-refractivity contribution in [2.45, 2.75) is 26.3 Å². The summed E-state index contributed by atoms with van der Waals surface area (Å²) in [5.74, 6) is -0.218. The lowest BCUT2D eigenvalue weighted by Crippen LogP contribution is -2.25. The normalized spacial score (nSPS) is 12.2.